The largest absolute Gasteiger partial charge is 0.461 e. The van der Waals surface area contributed by atoms with Crippen molar-refractivity contribution in [2.45, 2.75) is 181 Å². The van der Waals surface area contributed by atoms with Crippen molar-refractivity contribution in [3.05, 3.63) is 400 Å². The highest BCUT2D eigenvalue weighted by Gasteiger charge is 2.60. The Hall–Kier alpha value is -12.7. The van der Waals surface area contributed by atoms with Crippen LogP contribution < -0.4 is 0 Å². The van der Waals surface area contributed by atoms with Crippen molar-refractivity contribution in [1.29, 1.82) is 0 Å². The van der Waals surface area contributed by atoms with E-state index in [0.717, 1.165) is 49.8 Å². The minimum Gasteiger partial charge on any atom is -0.461 e. The quantitative estimate of drug-likeness (QED) is 0.0207. The van der Waals surface area contributed by atoms with Gasteiger partial charge in [0.1, 0.15) is 37.6 Å². The first kappa shape index (κ1) is 102. The van der Waals surface area contributed by atoms with E-state index >= 15 is 0 Å². The van der Waals surface area contributed by atoms with Gasteiger partial charge in [0.05, 0.1) is 50.2 Å². The summed E-state index contributed by atoms with van der Waals surface area (Å²) in [6.07, 6.45) is 12.9. The monoisotopic (exact) mass is 1920 g/mol. The highest BCUT2D eigenvalue weighted by atomic mass is 32.2. The van der Waals surface area contributed by atoms with Crippen LogP contribution in [-0.4, -0.2) is 124 Å². The Morgan fingerprint density at radius 3 is 0.890 bits per heavy atom. The zero-order valence-corrected chi connectivity index (χ0v) is 80.3. The fourth-order valence-electron chi connectivity index (χ4n) is 16.5. The molecule has 0 radical (unpaired) electrons. The maximum atomic E-state index is 13.1. The summed E-state index contributed by atoms with van der Waals surface area (Å²) in [4.78, 5) is 82.4. The number of nitrogens with zero attached hydrogens (tertiary/aromatic N) is 5. The normalized spacial score (nSPS) is 16.5. The number of hydrogen-bond acceptors (Lipinski definition) is 13. The molecular formula is C111H113F6N5O10S4+4. The second-order valence-corrected chi connectivity index (χ2v) is 41.9. The van der Waals surface area contributed by atoms with Crippen LogP contribution in [0, 0.1) is 38.0 Å². The number of aromatic nitrogens is 4. The first-order valence-corrected chi connectivity index (χ1v) is 49.7. The molecule has 0 N–H and O–H groups in total. The van der Waals surface area contributed by atoms with E-state index in [4.69, 9.17) is 9.47 Å². The number of aryl methyl sites for hydroxylation is 3. The summed E-state index contributed by atoms with van der Waals surface area (Å²) in [5.74, 6) is -14.2. The van der Waals surface area contributed by atoms with Crippen LogP contribution in [0.5, 0.6) is 0 Å². The predicted octanol–water partition coefficient (Wildman–Crippen LogP) is 25.8. The fraction of sp³-hybridized carbons (Fsp3) is 0.252. The van der Waals surface area contributed by atoms with Gasteiger partial charge in [-0.1, -0.05) is 217 Å². The molecule has 14 aromatic rings. The van der Waals surface area contributed by atoms with Gasteiger partial charge in [-0.25, -0.2) is 43.1 Å². The average molecular weight is 1920 g/mol. The van der Waals surface area contributed by atoms with Crippen LogP contribution in [0.1, 0.15) is 88.8 Å². The lowest BCUT2D eigenvalue weighted by molar-refractivity contribution is -0.197. The van der Waals surface area contributed by atoms with Crippen LogP contribution in [0.3, 0.4) is 0 Å². The average Bonchev–Trinajstić information content (AvgIpc) is 0.805. The maximum absolute atomic E-state index is 13.1. The summed E-state index contributed by atoms with van der Waals surface area (Å²) in [6.45, 7) is 8.74. The number of piperidine rings is 1. The van der Waals surface area contributed by atoms with E-state index in [1.54, 1.807) is 0 Å². The van der Waals surface area contributed by atoms with Gasteiger partial charge in [-0.05, 0) is 237 Å². The van der Waals surface area contributed by atoms with Crippen molar-refractivity contribution in [2.24, 2.45) is 17.3 Å². The summed E-state index contributed by atoms with van der Waals surface area (Å²) >= 11 is 0. The number of likely N-dealkylation sites (tertiary alicyclic amines) is 1. The number of ether oxygens (including phenoxy) is 5. The lowest BCUT2D eigenvalue weighted by Gasteiger charge is -2.60. The van der Waals surface area contributed by atoms with Crippen molar-refractivity contribution in [3.63, 3.8) is 0 Å². The zero-order chi connectivity index (χ0) is 96.5. The summed E-state index contributed by atoms with van der Waals surface area (Å²) in [5.41, 5.74) is 2.94. The first-order valence-electron chi connectivity index (χ1n) is 44.8. The van der Waals surface area contributed by atoms with Crippen molar-refractivity contribution >= 4 is 73.7 Å². The molecule has 704 valence electrons. The Labute approximate surface area is 804 Å². The van der Waals surface area contributed by atoms with E-state index in [9.17, 15) is 50.3 Å². The molecule has 1 saturated heterocycles. The molecule has 2 atom stereocenters. The molecule has 2 aromatic heterocycles. The number of carbonyl (C=O) groups is 5. The van der Waals surface area contributed by atoms with Gasteiger partial charge in [0.2, 0.25) is 0 Å². The Balaban J connectivity index is 0.000000144. The molecule has 4 aliphatic carbocycles. The first-order chi connectivity index (χ1) is 65.5. The van der Waals surface area contributed by atoms with Gasteiger partial charge in [0, 0.05) is 64.1 Å². The highest BCUT2D eigenvalue weighted by Crippen LogP contribution is 2.63. The number of benzene rings is 12. The molecule has 5 aliphatic rings. The second kappa shape index (κ2) is 49.7. The second-order valence-electron chi connectivity index (χ2n) is 33.8. The van der Waals surface area contributed by atoms with E-state index in [-0.39, 0.29) is 68.3 Å². The smallest absolute Gasteiger partial charge is 0.419 e. The zero-order valence-electron chi connectivity index (χ0n) is 77.0. The summed E-state index contributed by atoms with van der Waals surface area (Å²) < 4.78 is 103. The lowest BCUT2D eigenvalue weighted by atomic mass is 9.48. The molecule has 25 heteroatoms. The standard InChI is InChI=1S/C21H21S.C18H22F2N2O4.3C18H15S.C9H10F2N2O4.C9H15F2NO2/c1-16-4-10-19(11-5-16)22(20-12-6-17(2)7-13-20)21-14-8-18(3)9-15-21;1-16(19,20)14(23)25-10-17-5-12-4-13(6-17)8-18(7-12,9-17)26-15(24)22-3-2-21-11-22;3*1-4-10-16(11-5-1)19(17-12-6-2-7-13-17)18-14-8-3-9-15-18;1-9(10,11)7(14)16-4-5-17-8(15)13-3-2-12-6-13;1-9(10,11)8(13)14-7-3-5-12(2)6-4-7/h4-15H,1-3H3;2-3,11-13H,4-10H2,1H3;3*1-15H;2-3,6H,4-5H2,1H3;7H,3-6H2,1-2H3/q+1;;3*+1;;. The number of alkyl halides is 6. The van der Waals surface area contributed by atoms with E-state index in [0.29, 0.717) is 51.9 Å². The van der Waals surface area contributed by atoms with Crippen LogP contribution in [0.15, 0.2) is 442 Å². The third-order valence-electron chi connectivity index (χ3n) is 22.5. The molecule has 4 saturated carbocycles. The molecule has 5 fully saturated rings. The minimum atomic E-state index is -3.55. The minimum absolute atomic E-state index is 0.0146. The van der Waals surface area contributed by atoms with Crippen LogP contribution in [0.4, 0.5) is 35.9 Å². The van der Waals surface area contributed by atoms with Crippen LogP contribution in [0.2, 0.25) is 0 Å². The van der Waals surface area contributed by atoms with Crippen molar-refractivity contribution in [2.75, 3.05) is 40.0 Å². The van der Waals surface area contributed by atoms with Gasteiger partial charge >= 0.3 is 47.9 Å². The van der Waals surface area contributed by atoms with Gasteiger partial charge in [-0.15, -0.1) is 0 Å². The van der Waals surface area contributed by atoms with Crippen LogP contribution >= 0.6 is 0 Å². The van der Waals surface area contributed by atoms with Crippen molar-refractivity contribution in [3.8, 4) is 0 Å². The number of carbonyl (C=O) groups excluding carboxylic acids is 5. The molecule has 19 rings (SSSR count). The summed E-state index contributed by atoms with van der Waals surface area (Å²) in [7, 11) is 1.87. The predicted molar refractivity (Wildman–Crippen MR) is 523 cm³/mol. The van der Waals surface area contributed by atoms with Crippen molar-refractivity contribution < 1.29 is 74.0 Å². The Morgan fingerprint density at radius 1 is 0.353 bits per heavy atom. The Bertz CT molecular complexity index is 5260. The third kappa shape index (κ3) is 30.7. The molecule has 4 bridgehead atoms. The number of hydrogen-bond donors (Lipinski definition) is 0. The lowest BCUT2D eigenvalue weighted by Crippen LogP contribution is -2.59. The molecular weight excluding hydrogens is 1810 g/mol. The van der Waals surface area contributed by atoms with Gasteiger partial charge in [-0.3, -0.25) is 0 Å². The molecule has 0 spiro atoms. The third-order valence-corrected chi connectivity index (χ3v) is 31.4. The van der Waals surface area contributed by atoms with Crippen LogP contribution in [0.25, 0.3) is 0 Å². The van der Waals surface area contributed by atoms with Gasteiger partial charge in [0.15, 0.2) is 58.7 Å². The van der Waals surface area contributed by atoms with E-state index in [1.165, 1.54) is 117 Å². The molecule has 3 heterocycles. The number of imidazole rings is 2. The molecule has 15 nitrogen and oxygen atoms in total. The number of halogens is 6. The maximum Gasteiger partial charge on any atom is 0.419 e. The molecule has 12 aromatic carbocycles. The fourth-order valence-corrected chi connectivity index (χ4v) is 24.8. The number of esters is 3. The topological polar surface area (TPSA) is 170 Å². The summed E-state index contributed by atoms with van der Waals surface area (Å²) in [5, 5.41) is 0. The molecule has 2 unspecified atom stereocenters. The molecule has 136 heavy (non-hydrogen) atoms. The SMILES string of the molecule is CC(F)(F)C(=O)OCC12CC3CC(C1)CC(OC(=O)n1ccnc1)(C3)C2.CC(F)(F)C(=O)OCCOC(=O)n1ccnc1.CN1CCC(OC(=O)C(C)(F)F)CC1.Cc1ccc([S+](c2ccc(C)cc2)c2ccc(C)cc2)cc1.c1ccc([S+](c2ccccc2)c2ccccc2)cc1.c1ccc([S+](c2ccccc2)c2ccccc2)cc1.c1ccc([S+](c2ccccc2)c2ccccc2)cc1. The number of rotatable bonds is 22. The van der Waals surface area contributed by atoms with E-state index in [2.05, 4.69) is 396 Å². The van der Waals surface area contributed by atoms with Crippen LogP contribution in [-0.2, 0) is 81.6 Å². The molecule has 0 amide bonds. The van der Waals surface area contributed by atoms with Gasteiger partial charge < -0.3 is 28.6 Å². The van der Waals surface area contributed by atoms with Gasteiger partial charge in [0.25, 0.3) is 0 Å². The van der Waals surface area contributed by atoms with Crippen molar-refractivity contribution in [1.82, 2.24) is 24.0 Å². The Morgan fingerprint density at radius 2 is 0.618 bits per heavy atom. The molecule has 1 aliphatic heterocycles. The highest BCUT2D eigenvalue weighted by molar-refractivity contribution is 7.98. The van der Waals surface area contributed by atoms with Gasteiger partial charge in [-0.2, -0.15) is 26.3 Å². The van der Waals surface area contributed by atoms with E-state index < -0.39 is 60.1 Å². The summed E-state index contributed by atoms with van der Waals surface area (Å²) in [6, 6.07) is 123. The Kier molecular flexibility index (Phi) is 37.4. The van der Waals surface area contributed by atoms with E-state index in [1.807, 2.05) is 7.05 Å².